The molecule has 7 atom stereocenters. The number of hydrogen-bond acceptors (Lipinski definition) is 5. The second-order valence-electron chi connectivity index (χ2n) is 11.5. The van der Waals surface area contributed by atoms with Crippen LogP contribution in [0.1, 0.15) is 72.6 Å². The molecule has 6 heteroatoms. The van der Waals surface area contributed by atoms with Gasteiger partial charge in [-0.1, -0.05) is 19.4 Å². The van der Waals surface area contributed by atoms with Gasteiger partial charge in [0.05, 0.1) is 16.9 Å². The molecule has 172 valence electrons. The molecular formula is C25H36O6. The zero-order chi connectivity index (χ0) is 23.0. The number of allylic oxidation sites excluding steroid dienone is 1. The zero-order valence-corrected chi connectivity index (χ0v) is 19.1. The van der Waals surface area contributed by atoms with Crippen molar-refractivity contribution >= 4 is 17.5 Å². The van der Waals surface area contributed by atoms with Crippen molar-refractivity contribution in [2.24, 2.45) is 39.4 Å². The summed E-state index contributed by atoms with van der Waals surface area (Å²) in [6.45, 7) is 6.68. The van der Waals surface area contributed by atoms with E-state index in [0.29, 0.717) is 19.3 Å². The third-order valence-electron chi connectivity index (χ3n) is 10.3. The molecule has 0 bridgehead atoms. The predicted octanol–water partition coefficient (Wildman–Crippen LogP) is 3.15. The number of Topliss-reactive ketones (excluding diaryl/α,β-unsaturated/α-hetero) is 1. The molecule has 4 aliphatic carbocycles. The van der Waals surface area contributed by atoms with E-state index in [1.54, 1.807) is 19.9 Å². The summed E-state index contributed by atoms with van der Waals surface area (Å²) in [7, 11) is 0. The molecule has 0 aromatic rings. The summed E-state index contributed by atoms with van der Waals surface area (Å²) in [6.07, 6.45) is 5.49. The average Bonchev–Trinajstić information content (AvgIpc) is 3.01. The van der Waals surface area contributed by atoms with Gasteiger partial charge in [0.15, 0.2) is 11.6 Å². The summed E-state index contributed by atoms with van der Waals surface area (Å²) in [5.74, 6) is -1.02. The third kappa shape index (κ3) is 2.67. The summed E-state index contributed by atoms with van der Waals surface area (Å²) >= 11 is 0. The molecule has 3 saturated carbocycles. The van der Waals surface area contributed by atoms with Crippen LogP contribution in [-0.2, 0) is 14.4 Å². The molecule has 0 spiro atoms. The lowest BCUT2D eigenvalue weighted by atomic mass is 9.41. The Morgan fingerprint density at radius 1 is 1.16 bits per heavy atom. The van der Waals surface area contributed by atoms with Crippen LogP contribution in [0.3, 0.4) is 0 Å². The smallest absolute Gasteiger partial charge is 0.310 e. The summed E-state index contributed by atoms with van der Waals surface area (Å²) in [6, 6.07) is 0. The van der Waals surface area contributed by atoms with E-state index in [0.717, 1.165) is 31.3 Å². The molecule has 0 heterocycles. The number of rotatable bonds is 4. The highest BCUT2D eigenvalue weighted by molar-refractivity contribution is 5.94. The summed E-state index contributed by atoms with van der Waals surface area (Å²) < 4.78 is 0. The monoisotopic (exact) mass is 432 g/mol. The van der Waals surface area contributed by atoms with Gasteiger partial charge < -0.3 is 15.3 Å². The van der Waals surface area contributed by atoms with E-state index < -0.39 is 40.7 Å². The lowest BCUT2D eigenvalue weighted by Gasteiger charge is -2.62. The van der Waals surface area contributed by atoms with Crippen LogP contribution in [0.4, 0.5) is 0 Å². The maximum atomic E-state index is 13.3. The van der Waals surface area contributed by atoms with Crippen molar-refractivity contribution in [3.63, 3.8) is 0 Å². The molecule has 31 heavy (non-hydrogen) atoms. The lowest BCUT2D eigenvalue weighted by Crippen LogP contribution is -2.63. The third-order valence-corrected chi connectivity index (χ3v) is 10.3. The van der Waals surface area contributed by atoms with Gasteiger partial charge in [0.25, 0.3) is 0 Å². The van der Waals surface area contributed by atoms with Gasteiger partial charge in [-0.2, -0.15) is 0 Å². The minimum Gasteiger partial charge on any atom is -0.481 e. The van der Waals surface area contributed by atoms with Crippen LogP contribution in [0.25, 0.3) is 0 Å². The minimum absolute atomic E-state index is 0.00615. The van der Waals surface area contributed by atoms with Crippen molar-refractivity contribution in [3.8, 4) is 0 Å². The summed E-state index contributed by atoms with van der Waals surface area (Å²) in [5, 5.41) is 31.5. The second-order valence-corrected chi connectivity index (χ2v) is 11.5. The molecule has 0 unspecified atom stereocenters. The number of aliphatic hydroxyl groups is 2. The Labute approximate surface area is 184 Å². The molecule has 0 radical (unpaired) electrons. The number of aliphatic carboxylic acids is 1. The van der Waals surface area contributed by atoms with Crippen LogP contribution in [0.2, 0.25) is 0 Å². The highest BCUT2D eigenvalue weighted by Crippen LogP contribution is 2.73. The van der Waals surface area contributed by atoms with Gasteiger partial charge in [0.1, 0.15) is 6.61 Å². The van der Waals surface area contributed by atoms with E-state index in [4.69, 9.17) is 0 Å². The summed E-state index contributed by atoms with van der Waals surface area (Å²) in [4.78, 5) is 37.7. The molecule has 4 aliphatic rings. The predicted molar refractivity (Wildman–Crippen MR) is 114 cm³/mol. The van der Waals surface area contributed by atoms with E-state index in [2.05, 4.69) is 6.92 Å². The van der Waals surface area contributed by atoms with Crippen molar-refractivity contribution in [1.29, 1.82) is 0 Å². The molecular weight excluding hydrogens is 396 g/mol. The number of carbonyl (C=O) groups is 3. The first-order chi connectivity index (χ1) is 14.4. The topological polar surface area (TPSA) is 112 Å². The van der Waals surface area contributed by atoms with Crippen LogP contribution in [-0.4, -0.2) is 45.6 Å². The first-order valence-corrected chi connectivity index (χ1v) is 11.7. The molecule has 0 aromatic heterocycles. The number of carbonyl (C=O) groups excluding carboxylic acids is 2. The van der Waals surface area contributed by atoms with Crippen molar-refractivity contribution < 1.29 is 29.7 Å². The Bertz CT molecular complexity index is 858. The number of hydrogen-bond donors (Lipinski definition) is 3. The van der Waals surface area contributed by atoms with Crippen LogP contribution < -0.4 is 0 Å². The van der Waals surface area contributed by atoms with Crippen molar-refractivity contribution in [2.75, 3.05) is 6.61 Å². The Balaban J connectivity index is 1.82. The highest BCUT2D eigenvalue weighted by atomic mass is 16.4. The van der Waals surface area contributed by atoms with Crippen LogP contribution in [0, 0.1) is 39.4 Å². The van der Waals surface area contributed by atoms with Crippen LogP contribution in [0.5, 0.6) is 0 Å². The van der Waals surface area contributed by atoms with Gasteiger partial charge >= 0.3 is 5.97 Å². The molecule has 3 N–H and O–H groups in total. The quantitative estimate of drug-likeness (QED) is 0.629. The molecule has 0 aromatic carbocycles. The van der Waals surface area contributed by atoms with Crippen molar-refractivity contribution in [2.45, 2.75) is 78.7 Å². The largest absolute Gasteiger partial charge is 0.481 e. The van der Waals surface area contributed by atoms with Gasteiger partial charge in [-0.05, 0) is 87.0 Å². The number of aliphatic hydroxyl groups excluding tert-OH is 2. The Kier molecular flexibility index (Phi) is 5.10. The fourth-order valence-corrected chi connectivity index (χ4v) is 8.87. The van der Waals surface area contributed by atoms with E-state index in [-0.39, 0.29) is 29.0 Å². The SMILES string of the molecule is CC(C)(C(=O)O)[C@@]1(C(=O)CO)CC[C@H]2[C@@H]3CCC4=CC(=O)CC[C@]4(C)[C@H]3[C@@H](O)C[C@@]21C. The van der Waals surface area contributed by atoms with Crippen molar-refractivity contribution in [1.82, 2.24) is 0 Å². The number of fused-ring (bicyclic) bond motifs is 5. The first kappa shape index (κ1) is 22.7. The van der Waals surface area contributed by atoms with Gasteiger partial charge in [-0.3, -0.25) is 14.4 Å². The number of carboxylic acid groups (broad SMARTS) is 1. The van der Waals surface area contributed by atoms with Crippen LogP contribution >= 0.6 is 0 Å². The van der Waals surface area contributed by atoms with E-state index in [1.807, 2.05) is 6.92 Å². The fraction of sp³-hybridized carbons (Fsp3) is 0.800. The highest BCUT2D eigenvalue weighted by Gasteiger charge is 2.73. The normalized spacial score (nSPS) is 44.7. The molecule has 0 saturated heterocycles. The van der Waals surface area contributed by atoms with E-state index in [1.165, 1.54) is 0 Å². The van der Waals surface area contributed by atoms with Gasteiger partial charge in [0.2, 0.25) is 0 Å². The molecule has 3 fully saturated rings. The first-order valence-electron chi connectivity index (χ1n) is 11.7. The van der Waals surface area contributed by atoms with Crippen LogP contribution in [0.15, 0.2) is 11.6 Å². The van der Waals surface area contributed by atoms with Gasteiger partial charge in [-0.15, -0.1) is 0 Å². The summed E-state index contributed by atoms with van der Waals surface area (Å²) in [5.41, 5.74) is -2.38. The maximum absolute atomic E-state index is 13.3. The number of carboxylic acids is 1. The van der Waals surface area contributed by atoms with Gasteiger partial charge in [-0.25, -0.2) is 0 Å². The zero-order valence-electron chi connectivity index (χ0n) is 19.1. The molecule has 0 amide bonds. The van der Waals surface area contributed by atoms with Crippen molar-refractivity contribution in [3.05, 3.63) is 11.6 Å². The Morgan fingerprint density at radius 3 is 2.45 bits per heavy atom. The minimum atomic E-state index is -1.36. The molecule has 4 rings (SSSR count). The number of ketones is 2. The lowest BCUT2D eigenvalue weighted by molar-refractivity contribution is -0.192. The Hall–Kier alpha value is -1.53. The fourth-order valence-electron chi connectivity index (χ4n) is 8.87. The average molecular weight is 433 g/mol. The van der Waals surface area contributed by atoms with Gasteiger partial charge in [0, 0.05) is 6.42 Å². The Morgan fingerprint density at radius 2 is 1.84 bits per heavy atom. The van der Waals surface area contributed by atoms with E-state index in [9.17, 15) is 29.7 Å². The second kappa shape index (κ2) is 6.98. The molecule has 6 nitrogen and oxygen atoms in total. The molecule has 0 aliphatic heterocycles. The maximum Gasteiger partial charge on any atom is 0.310 e. The van der Waals surface area contributed by atoms with E-state index >= 15 is 0 Å². The standard InChI is InChI=1S/C25H36O6/c1-22(2,21(30)31)25(19(29)13-26)10-8-17-16-6-5-14-11-15(27)7-9-23(14,3)20(16)18(28)12-24(17,25)4/h11,16-18,20,26,28H,5-10,12-13H2,1-4H3,(H,30,31)/t16-,17-,18-,20+,23-,24-,25-/m0/s1.